The number of nitrogens with one attached hydrogen (secondary N) is 1. The zero-order valence-electron chi connectivity index (χ0n) is 16.1. The number of alkyl carbamates (subject to hydrolysis) is 1. The van der Waals surface area contributed by atoms with E-state index in [2.05, 4.69) is 10.3 Å². The minimum Gasteiger partial charge on any atom is -0.459 e. The summed E-state index contributed by atoms with van der Waals surface area (Å²) in [5.74, 6) is -0.593. The van der Waals surface area contributed by atoms with Gasteiger partial charge < -0.3 is 14.8 Å². The maximum Gasteiger partial charge on any atom is 0.408 e. The zero-order chi connectivity index (χ0) is 20.6. The Balaban J connectivity index is 2.11. The van der Waals surface area contributed by atoms with Crippen LogP contribution in [0.3, 0.4) is 0 Å². The van der Waals surface area contributed by atoms with Crippen LogP contribution in [0.1, 0.15) is 37.6 Å². The highest BCUT2D eigenvalue weighted by Crippen LogP contribution is 2.11. The lowest BCUT2D eigenvalue weighted by atomic mass is 10.1. The van der Waals surface area contributed by atoms with E-state index in [1.165, 1.54) is 6.20 Å². The van der Waals surface area contributed by atoms with Crippen LogP contribution in [0, 0.1) is 11.3 Å². The van der Waals surface area contributed by atoms with Crippen LogP contribution in [-0.2, 0) is 27.3 Å². The maximum atomic E-state index is 12.6. The Morgan fingerprint density at radius 2 is 1.89 bits per heavy atom. The fraction of sp³-hybridized carbons (Fsp3) is 0.333. The topological polar surface area (TPSA) is 101 Å². The quantitative estimate of drug-likeness (QED) is 0.772. The highest BCUT2D eigenvalue weighted by atomic mass is 16.6. The number of rotatable bonds is 6. The molecule has 0 saturated heterocycles. The molecule has 7 nitrogen and oxygen atoms in total. The maximum absolute atomic E-state index is 12.6. The summed E-state index contributed by atoms with van der Waals surface area (Å²) in [6.45, 7) is 5.29. The molecule has 0 fully saturated rings. The number of pyridine rings is 1. The molecule has 0 bridgehead atoms. The highest BCUT2D eigenvalue weighted by Gasteiger charge is 2.26. The van der Waals surface area contributed by atoms with Crippen molar-refractivity contribution in [3.8, 4) is 6.07 Å². The third-order valence-corrected chi connectivity index (χ3v) is 3.58. The average molecular weight is 381 g/mol. The molecule has 0 spiro atoms. The number of benzene rings is 1. The van der Waals surface area contributed by atoms with Gasteiger partial charge in [0.2, 0.25) is 0 Å². The first kappa shape index (κ1) is 20.9. The van der Waals surface area contributed by atoms with E-state index in [-0.39, 0.29) is 18.7 Å². The smallest absolute Gasteiger partial charge is 0.408 e. The second-order valence-electron chi connectivity index (χ2n) is 7.16. The van der Waals surface area contributed by atoms with Gasteiger partial charge in [-0.05, 0) is 44.0 Å². The van der Waals surface area contributed by atoms with Crippen LogP contribution in [0.5, 0.6) is 0 Å². The van der Waals surface area contributed by atoms with E-state index in [0.717, 1.165) is 5.56 Å². The van der Waals surface area contributed by atoms with Crippen molar-refractivity contribution < 1.29 is 19.1 Å². The molecular formula is C21H23N3O4. The van der Waals surface area contributed by atoms with E-state index < -0.39 is 23.7 Å². The first-order chi connectivity index (χ1) is 13.3. The Morgan fingerprint density at radius 1 is 1.18 bits per heavy atom. The molecule has 1 amide bonds. The molecule has 1 aromatic heterocycles. The molecule has 28 heavy (non-hydrogen) atoms. The first-order valence-electron chi connectivity index (χ1n) is 8.82. The molecule has 0 unspecified atom stereocenters. The van der Waals surface area contributed by atoms with E-state index in [1.807, 2.05) is 36.4 Å². The number of amides is 1. The number of aromatic nitrogens is 1. The summed E-state index contributed by atoms with van der Waals surface area (Å²) in [5, 5.41) is 11.6. The van der Waals surface area contributed by atoms with E-state index in [1.54, 1.807) is 32.9 Å². The van der Waals surface area contributed by atoms with Gasteiger partial charge in [-0.2, -0.15) is 5.26 Å². The van der Waals surface area contributed by atoms with Crippen molar-refractivity contribution in [3.63, 3.8) is 0 Å². The lowest BCUT2D eigenvalue weighted by Crippen LogP contribution is -2.45. The fourth-order valence-electron chi connectivity index (χ4n) is 2.37. The van der Waals surface area contributed by atoms with Crippen LogP contribution in [0.15, 0.2) is 48.7 Å². The molecule has 2 rings (SSSR count). The Labute approximate surface area is 164 Å². The predicted molar refractivity (Wildman–Crippen MR) is 102 cm³/mol. The molecule has 1 N–H and O–H groups in total. The fourth-order valence-corrected chi connectivity index (χ4v) is 2.37. The standard InChI is InChI=1S/C21H23N3O4/c1-21(2,3)28-20(26)24-18(12-16-9-10-23-17(11-16)13-22)19(25)27-14-15-7-5-4-6-8-15/h4-11,18H,12,14H2,1-3H3,(H,24,26)/t18-/m0/s1. The van der Waals surface area contributed by atoms with E-state index in [4.69, 9.17) is 14.7 Å². The van der Waals surface area contributed by atoms with Gasteiger partial charge in [0.05, 0.1) is 0 Å². The van der Waals surface area contributed by atoms with Gasteiger partial charge in [-0.15, -0.1) is 0 Å². The van der Waals surface area contributed by atoms with Crippen LogP contribution in [0.25, 0.3) is 0 Å². The molecule has 1 aromatic carbocycles. The minimum absolute atomic E-state index is 0.0892. The number of hydrogen-bond acceptors (Lipinski definition) is 6. The molecule has 7 heteroatoms. The SMILES string of the molecule is CC(C)(C)OC(=O)N[C@@H](Cc1ccnc(C#N)c1)C(=O)OCc1ccccc1. The van der Waals surface area contributed by atoms with Gasteiger partial charge >= 0.3 is 12.1 Å². The van der Waals surface area contributed by atoms with Gasteiger partial charge in [0.25, 0.3) is 0 Å². The molecule has 1 heterocycles. The molecule has 0 aliphatic heterocycles. The van der Waals surface area contributed by atoms with Crippen molar-refractivity contribution in [2.75, 3.05) is 0 Å². The second-order valence-corrected chi connectivity index (χ2v) is 7.16. The second kappa shape index (κ2) is 9.51. The van der Waals surface area contributed by atoms with Gasteiger partial charge in [0.15, 0.2) is 0 Å². The summed E-state index contributed by atoms with van der Waals surface area (Å²) in [4.78, 5) is 28.7. The number of ether oxygens (including phenoxy) is 2. The molecule has 0 aliphatic rings. The first-order valence-corrected chi connectivity index (χ1v) is 8.82. The Kier molecular flexibility index (Phi) is 7.10. The monoisotopic (exact) mass is 381 g/mol. The molecule has 146 valence electrons. The number of nitrogens with zero attached hydrogens (tertiary/aromatic N) is 2. The van der Waals surface area contributed by atoms with Crippen molar-refractivity contribution in [1.29, 1.82) is 5.26 Å². The van der Waals surface area contributed by atoms with Gasteiger partial charge in [0.1, 0.15) is 30.0 Å². The normalized spacial score (nSPS) is 11.8. The van der Waals surface area contributed by atoms with Gasteiger partial charge in [0, 0.05) is 12.6 Å². The summed E-state index contributed by atoms with van der Waals surface area (Å²) in [5.41, 5.74) is 1.03. The van der Waals surface area contributed by atoms with Crippen molar-refractivity contribution in [2.45, 2.75) is 45.4 Å². The van der Waals surface area contributed by atoms with Crippen molar-refractivity contribution in [1.82, 2.24) is 10.3 Å². The summed E-state index contributed by atoms with van der Waals surface area (Å²) >= 11 is 0. The largest absolute Gasteiger partial charge is 0.459 e. The number of carbonyl (C=O) groups excluding carboxylic acids is 2. The number of carbonyl (C=O) groups is 2. The van der Waals surface area contributed by atoms with Crippen molar-refractivity contribution in [3.05, 3.63) is 65.5 Å². The molecule has 0 aliphatic carbocycles. The number of hydrogen-bond donors (Lipinski definition) is 1. The molecular weight excluding hydrogens is 358 g/mol. The van der Waals surface area contributed by atoms with Gasteiger partial charge in [-0.25, -0.2) is 14.6 Å². The minimum atomic E-state index is -0.965. The van der Waals surface area contributed by atoms with Gasteiger partial charge in [-0.3, -0.25) is 0 Å². The summed E-state index contributed by atoms with van der Waals surface area (Å²) in [6, 6.07) is 13.5. The van der Waals surface area contributed by atoms with E-state index in [9.17, 15) is 9.59 Å². The van der Waals surface area contributed by atoms with Gasteiger partial charge in [-0.1, -0.05) is 30.3 Å². The van der Waals surface area contributed by atoms with Crippen molar-refractivity contribution >= 4 is 12.1 Å². The molecule has 2 aromatic rings. The molecule has 0 saturated carbocycles. The Morgan fingerprint density at radius 3 is 2.54 bits per heavy atom. The lowest BCUT2D eigenvalue weighted by molar-refractivity contribution is -0.147. The average Bonchev–Trinajstić information content (AvgIpc) is 2.65. The molecule has 0 radical (unpaired) electrons. The summed E-state index contributed by atoms with van der Waals surface area (Å²) in [7, 11) is 0. The summed E-state index contributed by atoms with van der Waals surface area (Å²) < 4.78 is 10.6. The van der Waals surface area contributed by atoms with Crippen LogP contribution in [0.4, 0.5) is 4.79 Å². The van der Waals surface area contributed by atoms with E-state index in [0.29, 0.717) is 5.56 Å². The Bertz CT molecular complexity index is 854. The van der Waals surface area contributed by atoms with Crippen LogP contribution >= 0.6 is 0 Å². The predicted octanol–water partition coefficient (Wildman–Crippen LogP) is 3.13. The number of esters is 1. The lowest BCUT2D eigenvalue weighted by Gasteiger charge is -2.23. The summed E-state index contributed by atoms with van der Waals surface area (Å²) in [6.07, 6.45) is 0.904. The third-order valence-electron chi connectivity index (χ3n) is 3.58. The highest BCUT2D eigenvalue weighted by molar-refractivity contribution is 5.81. The van der Waals surface area contributed by atoms with Crippen LogP contribution in [0.2, 0.25) is 0 Å². The Hall–Kier alpha value is -3.40. The van der Waals surface area contributed by atoms with E-state index >= 15 is 0 Å². The van der Waals surface area contributed by atoms with Crippen LogP contribution in [-0.4, -0.2) is 28.7 Å². The zero-order valence-corrected chi connectivity index (χ0v) is 16.1. The molecule has 1 atom stereocenters. The van der Waals surface area contributed by atoms with Crippen molar-refractivity contribution in [2.24, 2.45) is 0 Å². The third kappa shape index (κ3) is 7.08. The van der Waals surface area contributed by atoms with Crippen LogP contribution < -0.4 is 5.32 Å². The number of nitriles is 1.